The highest BCUT2D eigenvalue weighted by Gasteiger charge is 2.15. The van der Waals surface area contributed by atoms with Crippen molar-refractivity contribution >= 4 is 17.6 Å². The third kappa shape index (κ3) is 5.31. The summed E-state index contributed by atoms with van der Waals surface area (Å²) in [6.45, 7) is 4.99. The largest absolute Gasteiger partial charge is 0.332 e. The van der Waals surface area contributed by atoms with Gasteiger partial charge in [0, 0.05) is 18.2 Å². The third-order valence-electron chi connectivity index (χ3n) is 3.77. The fraction of sp³-hybridized carbons (Fsp3) is 0.263. The Kier molecular flexibility index (Phi) is 6.11. The van der Waals surface area contributed by atoms with Crippen LogP contribution in [0.3, 0.4) is 0 Å². The van der Waals surface area contributed by atoms with E-state index in [0.29, 0.717) is 11.3 Å². The molecule has 0 heterocycles. The molecule has 0 fully saturated rings. The number of benzene rings is 2. The molecule has 2 atom stereocenters. The van der Waals surface area contributed by atoms with Crippen molar-refractivity contribution in [2.45, 2.75) is 32.9 Å². The topological polar surface area (TPSA) is 70.2 Å². The molecule has 3 N–H and O–H groups in total. The zero-order valence-electron chi connectivity index (χ0n) is 14.5. The molecule has 0 spiro atoms. The second kappa shape index (κ2) is 8.28. The Morgan fingerprint density at radius 3 is 2.32 bits per heavy atom. The Labute approximate surface area is 146 Å². The predicted octanol–water partition coefficient (Wildman–Crippen LogP) is 3.91. The van der Waals surface area contributed by atoms with Crippen molar-refractivity contribution in [3.63, 3.8) is 0 Å². The Balaban J connectivity index is 1.98. The molecule has 0 aliphatic carbocycles. The van der Waals surface area contributed by atoms with Gasteiger partial charge in [0.25, 0.3) is 0 Å². The lowest BCUT2D eigenvalue weighted by atomic mass is 10.1. The summed E-state index contributed by atoms with van der Waals surface area (Å²) in [5, 5.41) is 8.24. The molecule has 0 aliphatic rings. The molecule has 0 radical (unpaired) electrons. The SMILES string of the molecule is CC(=O)Nc1cccc([C@H](C)NC(=O)N[C@H](C)c2ccccc2F)c1. The summed E-state index contributed by atoms with van der Waals surface area (Å²) in [4.78, 5) is 23.3. The molecule has 0 unspecified atom stereocenters. The van der Waals surface area contributed by atoms with Gasteiger partial charge in [-0.25, -0.2) is 9.18 Å². The minimum atomic E-state index is -0.459. The van der Waals surface area contributed by atoms with Gasteiger partial charge in [-0.3, -0.25) is 4.79 Å². The lowest BCUT2D eigenvalue weighted by Crippen LogP contribution is -2.38. The maximum atomic E-state index is 13.8. The van der Waals surface area contributed by atoms with E-state index < -0.39 is 12.1 Å². The molecule has 0 aromatic heterocycles. The van der Waals surface area contributed by atoms with Gasteiger partial charge in [0.05, 0.1) is 12.1 Å². The lowest BCUT2D eigenvalue weighted by Gasteiger charge is -2.19. The van der Waals surface area contributed by atoms with Crippen LogP contribution in [0.5, 0.6) is 0 Å². The quantitative estimate of drug-likeness (QED) is 0.770. The first-order valence-corrected chi connectivity index (χ1v) is 8.06. The van der Waals surface area contributed by atoms with Gasteiger partial charge in [-0.05, 0) is 37.6 Å². The van der Waals surface area contributed by atoms with Crippen LogP contribution in [0.15, 0.2) is 48.5 Å². The Hall–Kier alpha value is -2.89. The van der Waals surface area contributed by atoms with E-state index in [0.717, 1.165) is 5.56 Å². The summed E-state index contributed by atoms with van der Waals surface area (Å²) in [6.07, 6.45) is 0. The van der Waals surface area contributed by atoms with E-state index in [1.807, 2.05) is 13.0 Å². The van der Waals surface area contributed by atoms with Crippen LogP contribution in [0, 0.1) is 5.82 Å². The van der Waals surface area contributed by atoms with Crippen molar-refractivity contribution in [3.05, 3.63) is 65.5 Å². The number of hydrogen-bond donors (Lipinski definition) is 3. The van der Waals surface area contributed by atoms with Crippen LogP contribution < -0.4 is 16.0 Å². The molecule has 0 aliphatic heterocycles. The molecule has 2 aromatic carbocycles. The van der Waals surface area contributed by atoms with E-state index in [9.17, 15) is 14.0 Å². The van der Waals surface area contributed by atoms with Crippen molar-refractivity contribution in [1.29, 1.82) is 0 Å². The van der Waals surface area contributed by atoms with Gasteiger partial charge in [0.2, 0.25) is 5.91 Å². The molecule has 0 saturated heterocycles. The third-order valence-corrected chi connectivity index (χ3v) is 3.77. The Morgan fingerprint density at radius 2 is 1.64 bits per heavy atom. The van der Waals surface area contributed by atoms with Crippen molar-refractivity contribution in [3.8, 4) is 0 Å². The standard InChI is InChI=1S/C19H22FN3O2/c1-12(15-7-6-8-16(11-15)23-14(3)24)21-19(25)22-13(2)17-9-4-5-10-18(17)20/h4-13H,1-3H3,(H,23,24)(H2,21,22,25)/t12-,13+/m0/s1. The van der Waals surface area contributed by atoms with E-state index >= 15 is 0 Å². The monoisotopic (exact) mass is 343 g/mol. The van der Waals surface area contributed by atoms with Gasteiger partial charge in [-0.1, -0.05) is 30.3 Å². The summed E-state index contributed by atoms with van der Waals surface area (Å²) in [5.74, 6) is -0.513. The maximum absolute atomic E-state index is 13.8. The molecule has 25 heavy (non-hydrogen) atoms. The molecule has 6 heteroatoms. The van der Waals surface area contributed by atoms with Crippen LogP contribution in [0.2, 0.25) is 0 Å². The predicted molar refractivity (Wildman–Crippen MR) is 95.6 cm³/mol. The number of amides is 3. The van der Waals surface area contributed by atoms with Crippen LogP contribution in [0.1, 0.15) is 44.0 Å². The summed E-state index contributed by atoms with van der Waals surface area (Å²) < 4.78 is 13.8. The Morgan fingerprint density at radius 1 is 0.960 bits per heavy atom. The average molecular weight is 343 g/mol. The lowest BCUT2D eigenvalue weighted by molar-refractivity contribution is -0.114. The smallest absolute Gasteiger partial charge is 0.315 e. The first kappa shape index (κ1) is 18.4. The molecule has 2 aromatic rings. The Bertz CT molecular complexity index is 764. The summed E-state index contributed by atoms with van der Waals surface area (Å²) in [7, 11) is 0. The highest BCUT2D eigenvalue weighted by Crippen LogP contribution is 2.19. The van der Waals surface area contributed by atoms with E-state index in [1.165, 1.54) is 13.0 Å². The normalized spacial score (nSPS) is 12.8. The molecule has 3 amide bonds. The second-order valence-corrected chi connectivity index (χ2v) is 5.89. The number of hydrogen-bond acceptors (Lipinski definition) is 2. The average Bonchev–Trinajstić information content (AvgIpc) is 2.54. The van der Waals surface area contributed by atoms with Crippen molar-refractivity contribution in [2.24, 2.45) is 0 Å². The fourth-order valence-corrected chi connectivity index (χ4v) is 2.51. The molecule has 5 nitrogen and oxygen atoms in total. The van der Waals surface area contributed by atoms with Gasteiger partial charge < -0.3 is 16.0 Å². The number of urea groups is 1. The van der Waals surface area contributed by atoms with Gasteiger partial charge >= 0.3 is 6.03 Å². The van der Waals surface area contributed by atoms with E-state index in [-0.39, 0.29) is 17.8 Å². The van der Waals surface area contributed by atoms with Crippen molar-refractivity contribution in [1.82, 2.24) is 10.6 Å². The van der Waals surface area contributed by atoms with Gasteiger partial charge in [0.1, 0.15) is 5.82 Å². The zero-order valence-corrected chi connectivity index (χ0v) is 14.5. The van der Waals surface area contributed by atoms with Crippen LogP contribution >= 0.6 is 0 Å². The minimum absolute atomic E-state index is 0.158. The number of carbonyl (C=O) groups is 2. The van der Waals surface area contributed by atoms with Crippen molar-refractivity contribution < 1.29 is 14.0 Å². The highest BCUT2D eigenvalue weighted by atomic mass is 19.1. The molecule has 132 valence electrons. The zero-order chi connectivity index (χ0) is 18.4. The highest BCUT2D eigenvalue weighted by molar-refractivity contribution is 5.88. The first-order chi connectivity index (χ1) is 11.9. The van der Waals surface area contributed by atoms with Crippen molar-refractivity contribution in [2.75, 3.05) is 5.32 Å². The number of halogens is 1. The molecule has 0 saturated carbocycles. The van der Waals surface area contributed by atoms with Crippen LogP contribution in [-0.2, 0) is 4.79 Å². The second-order valence-electron chi connectivity index (χ2n) is 5.89. The summed E-state index contributed by atoms with van der Waals surface area (Å²) >= 11 is 0. The molecular formula is C19H22FN3O2. The molecule has 2 rings (SSSR count). The maximum Gasteiger partial charge on any atom is 0.315 e. The minimum Gasteiger partial charge on any atom is -0.332 e. The van der Waals surface area contributed by atoms with Crippen LogP contribution in [0.4, 0.5) is 14.9 Å². The van der Waals surface area contributed by atoms with Crippen LogP contribution in [-0.4, -0.2) is 11.9 Å². The van der Waals surface area contributed by atoms with Gasteiger partial charge in [-0.15, -0.1) is 0 Å². The van der Waals surface area contributed by atoms with E-state index in [1.54, 1.807) is 43.3 Å². The summed E-state index contributed by atoms with van der Waals surface area (Å²) in [6, 6.07) is 12.4. The number of nitrogens with one attached hydrogen (secondary N) is 3. The number of rotatable bonds is 5. The summed E-state index contributed by atoms with van der Waals surface area (Å²) in [5.41, 5.74) is 1.94. The fourth-order valence-electron chi connectivity index (χ4n) is 2.51. The van der Waals surface area contributed by atoms with Gasteiger partial charge in [-0.2, -0.15) is 0 Å². The van der Waals surface area contributed by atoms with E-state index in [2.05, 4.69) is 16.0 Å². The van der Waals surface area contributed by atoms with E-state index in [4.69, 9.17) is 0 Å². The molecule has 0 bridgehead atoms. The number of anilines is 1. The molecular weight excluding hydrogens is 321 g/mol. The first-order valence-electron chi connectivity index (χ1n) is 8.06. The van der Waals surface area contributed by atoms with Crippen LogP contribution in [0.25, 0.3) is 0 Å². The van der Waals surface area contributed by atoms with Gasteiger partial charge in [0.15, 0.2) is 0 Å². The number of carbonyl (C=O) groups excluding carboxylic acids is 2.